The van der Waals surface area contributed by atoms with E-state index < -0.39 is 94.6 Å². The molecule has 24 heteroatoms. The van der Waals surface area contributed by atoms with Crippen molar-refractivity contribution in [3.8, 4) is 0 Å². The Bertz CT molecular complexity index is 1260. The van der Waals surface area contributed by atoms with Crippen LogP contribution in [0.25, 0.3) is 0 Å². The second kappa shape index (κ2) is 34.2. The molecule has 12 N–H and O–H groups in total. The van der Waals surface area contributed by atoms with Crippen LogP contribution in [0.2, 0.25) is 0 Å². The average Bonchev–Trinajstić information content (AvgIpc) is 3.10. The van der Waals surface area contributed by atoms with Gasteiger partial charge in [-0.1, -0.05) is 50.6 Å². The average molecular weight is 849 g/mol. The summed E-state index contributed by atoms with van der Waals surface area (Å²) >= 11 is 3.87. The molecule has 302 valence electrons. The summed E-state index contributed by atoms with van der Waals surface area (Å²) in [6, 6.07) is -4.24. The summed E-state index contributed by atoms with van der Waals surface area (Å²) in [6.45, 7) is 9.42. The molecule has 0 spiro atoms. The van der Waals surface area contributed by atoms with Crippen LogP contribution >= 0.6 is 45.0 Å². The molecule has 5 atom stereocenters. The van der Waals surface area contributed by atoms with E-state index in [-0.39, 0.29) is 37.2 Å². The lowest BCUT2D eigenvalue weighted by Crippen LogP contribution is -2.49. The number of carboxylic acid groups (broad SMARTS) is 4. The topological polar surface area (TPSA) is 335 Å². The summed E-state index contributed by atoms with van der Waals surface area (Å²) in [4.78, 5) is 88.6. The zero-order chi connectivity index (χ0) is 41.4. The van der Waals surface area contributed by atoms with E-state index in [9.17, 15) is 42.6 Å². The summed E-state index contributed by atoms with van der Waals surface area (Å²) in [5.74, 6) is -5.08. The minimum Gasteiger partial charge on any atom is -0.480 e. The zero-order valence-corrected chi connectivity index (χ0v) is 32.8. The molecule has 0 heterocycles. The van der Waals surface area contributed by atoms with Crippen molar-refractivity contribution in [2.45, 2.75) is 49.9 Å². The zero-order valence-electron chi connectivity index (χ0n) is 28.6. The van der Waals surface area contributed by atoms with Gasteiger partial charge in [0.1, 0.15) is 37.3 Å². The third-order valence-electron chi connectivity index (χ3n) is 5.39. The fourth-order valence-corrected chi connectivity index (χ4v) is 6.83. The molecule has 0 aliphatic carbocycles. The molecule has 0 fully saturated rings. The number of carbonyl (C=O) groups is 8. The first kappa shape index (κ1) is 53.8. The van der Waals surface area contributed by atoms with Crippen LogP contribution < -0.4 is 32.7 Å². The van der Waals surface area contributed by atoms with E-state index in [1.807, 2.05) is 0 Å². The maximum absolute atomic E-state index is 11.9. The first-order valence-corrected chi connectivity index (χ1v) is 21.0. The van der Waals surface area contributed by atoms with Crippen molar-refractivity contribution in [3.05, 3.63) is 38.0 Å². The number of carboxylic acids is 4. The smallest absolute Gasteiger partial charge is 0.322 e. The number of amides is 4. The van der Waals surface area contributed by atoms with Crippen LogP contribution in [0.15, 0.2) is 38.0 Å². The fourth-order valence-electron chi connectivity index (χ4n) is 2.78. The lowest BCUT2D eigenvalue weighted by atomic mass is 10.1. The highest BCUT2D eigenvalue weighted by Crippen LogP contribution is 2.22. The van der Waals surface area contributed by atoms with Crippen LogP contribution in [0.3, 0.4) is 0 Å². The van der Waals surface area contributed by atoms with Gasteiger partial charge in [0.05, 0.1) is 15.6 Å². The third-order valence-corrected chi connectivity index (χ3v) is 10.8. The van der Waals surface area contributed by atoms with Crippen molar-refractivity contribution >= 4 is 102 Å². The van der Waals surface area contributed by atoms with Crippen LogP contribution in [0.1, 0.15) is 25.7 Å². The van der Waals surface area contributed by atoms with Gasteiger partial charge in [0, 0.05) is 35.9 Å². The van der Waals surface area contributed by atoms with E-state index in [0.29, 0.717) is 11.5 Å². The second-order valence-corrected chi connectivity index (χ2v) is 16.1. The van der Waals surface area contributed by atoms with E-state index in [1.54, 1.807) is 18.2 Å². The third kappa shape index (κ3) is 34.0. The van der Waals surface area contributed by atoms with Crippen LogP contribution in [0, 0.1) is 0 Å². The predicted octanol–water partition coefficient (Wildman–Crippen LogP) is -1.02. The Kier molecular flexibility index (Phi) is 34.7. The minimum absolute atomic E-state index is 0.0256. The van der Waals surface area contributed by atoms with Gasteiger partial charge in [-0.25, -0.2) is 4.21 Å². The number of nitrogens with two attached hydrogens (primary N) is 2. The molecule has 19 nitrogen and oxygen atoms in total. The van der Waals surface area contributed by atoms with E-state index in [2.05, 4.69) is 53.6 Å². The fraction of sp³-hybridized carbons (Fsp3) is 0.517. The summed E-state index contributed by atoms with van der Waals surface area (Å²) < 4.78 is 10.8. The molecule has 0 aromatic rings. The highest BCUT2D eigenvalue weighted by atomic mass is 33.1. The van der Waals surface area contributed by atoms with Crippen molar-refractivity contribution in [1.29, 1.82) is 0 Å². The number of thiol groups is 1. The number of rotatable bonds is 27. The van der Waals surface area contributed by atoms with Gasteiger partial charge in [0.25, 0.3) is 0 Å². The van der Waals surface area contributed by atoms with E-state index in [0.717, 1.165) is 5.75 Å². The Morgan fingerprint density at radius 3 is 1.51 bits per heavy atom. The van der Waals surface area contributed by atoms with Gasteiger partial charge in [0.2, 0.25) is 23.6 Å². The minimum atomic E-state index is -1.22. The number of hydrogen-bond acceptors (Lipinski definition) is 15. The summed E-state index contributed by atoms with van der Waals surface area (Å²) in [7, 11) is 3.34. The Balaban J connectivity index is -0.000000775. The number of carbonyl (C=O) groups excluding carboxylic acids is 4. The van der Waals surface area contributed by atoms with Gasteiger partial charge < -0.3 is 53.2 Å². The standard InChI is InChI=1S/C13H21N3O6S2.C10H17N3O6S.C6H10OS2/c1-2-5-23-24-7-9(12(20)15-6-11(18)19)16-10(17)4-3-8(14)13(21)22;11-5(10(18)19)1-2-7(14)13-6(4-20)9(17)12-3-8(15)16;1-3-5-8-9(7)6-4-2/h2,8-9H,1,3-7,14H2,(H,15,20)(H,16,17)(H,18,19)(H,21,22);5-6,20H,1-4,11H2,(H,12,17)(H,13,14)(H,15,16)(H,18,19);3-4H,1-2,5-6H2/t8-,9-;5-,6-;/m00./s1. The summed E-state index contributed by atoms with van der Waals surface area (Å²) in [6.07, 6.45) is 4.63. The van der Waals surface area contributed by atoms with Gasteiger partial charge in [0.15, 0.2) is 0 Å². The largest absolute Gasteiger partial charge is 0.480 e. The van der Waals surface area contributed by atoms with Gasteiger partial charge in [-0.15, -0.1) is 19.7 Å². The highest BCUT2D eigenvalue weighted by Gasteiger charge is 2.23. The Labute approximate surface area is 326 Å². The highest BCUT2D eigenvalue weighted by molar-refractivity contribution is 8.76. The van der Waals surface area contributed by atoms with Gasteiger partial charge >= 0.3 is 23.9 Å². The Hall–Kier alpha value is -3.55. The Morgan fingerprint density at radius 2 is 1.13 bits per heavy atom. The van der Waals surface area contributed by atoms with Gasteiger partial charge in [-0.05, 0) is 12.8 Å². The molecule has 4 amide bonds. The number of hydrogen-bond donors (Lipinski definition) is 11. The molecular formula is C29H48N6O13S5. The molecule has 0 saturated carbocycles. The molecule has 1 unspecified atom stereocenters. The molecule has 0 aliphatic rings. The molecule has 0 radical (unpaired) electrons. The van der Waals surface area contributed by atoms with Crippen LogP contribution in [-0.4, -0.2) is 138 Å². The second-order valence-electron chi connectivity index (χ2n) is 9.80. The molecule has 0 rings (SSSR count). The van der Waals surface area contributed by atoms with Crippen LogP contribution in [0.4, 0.5) is 0 Å². The quantitative estimate of drug-likeness (QED) is 0.0204. The van der Waals surface area contributed by atoms with Crippen molar-refractivity contribution < 1.29 is 63.0 Å². The number of nitrogens with one attached hydrogen (secondary N) is 4. The van der Waals surface area contributed by atoms with E-state index >= 15 is 0 Å². The monoisotopic (exact) mass is 848 g/mol. The summed E-state index contributed by atoms with van der Waals surface area (Å²) in [5.41, 5.74) is 10.5. The Morgan fingerprint density at radius 1 is 0.698 bits per heavy atom. The lowest BCUT2D eigenvalue weighted by molar-refractivity contribution is -0.140. The molecule has 0 aromatic heterocycles. The molecule has 0 aliphatic heterocycles. The van der Waals surface area contributed by atoms with Crippen molar-refractivity contribution in [3.63, 3.8) is 0 Å². The first-order chi connectivity index (χ1) is 24.9. The van der Waals surface area contributed by atoms with Crippen LogP contribution in [0.5, 0.6) is 0 Å². The van der Waals surface area contributed by atoms with Gasteiger partial charge in [-0.3, -0.25) is 38.4 Å². The SMILES string of the molecule is C=CCSS(=O)CC=C.C=CCSSC[C@H](NC(=O)CC[C@H](N)C(=O)O)C(=O)NCC(=O)O.N[C@@H](CCC(=O)N[C@@H](CS)C(=O)NCC(=O)O)C(=O)O. The van der Waals surface area contributed by atoms with Crippen molar-refractivity contribution in [2.24, 2.45) is 11.5 Å². The summed E-state index contributed by atoms with van der Waals surface area (Å²) in [5, 5.41) is 43.3. The predicted molar refractivity (Wildman–Crippen MR) is 210 cm³/mol. The molecule has 0 aromatic carbocycles. The van der Waals surface area contributed by atoms with E-state index in [1.165, 1.54) is 32.4 Å². The molecule has 0 bridgehead atoms. The normalized spacial score (nSPS) is 12.8. The molecule has 0 saturated heterocycles. The number of aliphatic carboxylic acids is 4. The van der Waals surface area contributed by atoms with E-state index in [4.69, 9.17) is 31.9 Å². The maximum Gasteiger partial charge on any atom is 0.322 e. The van der Waals surface area contributed by atoms with Gasteiger partial charge in [-0.2, -0.15) is 12.6 Å². The lowest BCUT2D eigenvalue weighted by Gasteiger charge is -2.17. The maximum atomic E-state index is 11.9. The van der Waals surface area contributed by atoms with Crippen molar-refractivity contribution in [1.82, 2.24) is 21.3 Å². The molecule has 53 heavy (non-hydrogen) atoms. The molecular weight excluding hydrogens is 801 g/mol. The first-order valence-electron chi connectivity index (χ1n) is 15.1. The van der Waals surface area contributed by atoms with Crippen LogP contribution in [-0.2, 0) is 48.2 Å². The van der Waals surface area contributed by atoms with Crippen molar-refractivity contribution in [2.75, 3.05) is 41.9 Å².